The van der Waals surface area contributed by atoms with Crippen LogP contribution in [-0.2, 0) is 36.3 Å². The highest BCUT2D eigenvalue weighted by Gasteiger charge is 2.52. The van der Waals surface area contributed by atoms with Crippen molar-refractivity contribution in [1.82, 2.24) is 14.0 Å². The molecule has 1 aliphatic heterocycles. The molecule has 5 rings (SSSR count). The van der Waals surface area contributed by atoms with E-state index >= 15 is 0 Å². The summed E-state index contributed by atoms with van der Waals surface area (Å²) in [4.78, 5) is 52.1. The molecule has 1 aliphatic carbocycles. The molecule has 2 atom stereocenters. The number of carboxylic acid groups (broad SMARTS) is 1. The van der Waals surface area contributed by atoms with Gasteiger partial charge in [0.25, 0.3) is 0 Å². The van der Waals surface area contributed by atoms with Crippen LogP contribution in [0.1, 0.15) is 35.6 Å². The molecule has 12 heteroatoms. The van der Waals surface area contributed by atoms with Gasteiger partial charge in [-0.15, -0.1) is 0 Å². The Morgan fingerprint density at radius 1 is 1.05 bits per heavy atom. The topological polar surface area (TPSA) is 105 Å². The van der Waals surface area contributed by atoms with E-state index in [0.29, 0.717) is 11.0 Å². The number of aryl methyl sites for hydroxylation is 2. The number of hydrogen-bond acceptors (Lipinski definition) is 4. The standard InChI is InChI=1S/C25H21F3N4O5/c1-29-19-10-9-13(11-20(19)30(2)23(29)36)31-12-16(22(34)35)21(33)32(24(31)37)18-8-4-5-14-15(18)6-3-7-17(14)25(26,27)28/h3,6-7,9-12,16,18H,4-5,8H2,1-2H3/p+1. The van der Waals surface area contributed by atoms with Crippen LogP contribution >= 0.6 is 0 Å². The van der Waals surface area contributed by atoms with Gasteiger partial charge in [-0.25, -0.2) is 9.59 Å². The highest BCUT2D eigenvalue weighted by Crippen LogP contribution is 2.42. The minimum absolute atomic E-state index is 0.000494. The second-order valence-corrected chi connectivity index (χ2v) is 9.18. The summed E-state index contributed by atoms with van der Waals surface area (Å²) < 4.78 is 44.8. The van der Waals surface area contributed by atoms with E-state index < -0.39 is 41.6 Å². The number of hydrogen-bond donors (Lipinski definition) is 1. The van der Waals surface area contributed by atoms with E-state index in [1.165, 1.54) is 33.4 Å². The summed E-state index contributed by atoms with van der Waals surface area (Å²) in [6.45, 7) is 0. The Balaban J connectivity index is 1.65. The molecule has 0 saturated heterocycles. The molecule has 2 unspecified atom stereocenters. The van der Waals surface area contributed by atoms with Crippen LogP contribution in [0.15, 0.2) is 41.2 Å². The molecule has 3 aromatic rings. The summed E-state index contributed by atoms with van der Waals surface area (Å²) in [5, 5.41) is 9.76. The molecule has 2 heterocycles. The van der Waals surface area contributed by atoms with Crippen LogP contribution in [0.5, 0.6) is 0 Å². The second-order valence-electron chi connectivity index (χ2n) is 9.18. The van der Waals surface area contributed by atoms with Gasteiger partial charge in [0, 0.05) is 25.7 Å². The molecule has 9 nitrogen and oxygen atoms in total. The Hall–Kier alpha value is -4.22. The molecule has 1 aromatic heterocycles. The third-order valence-corrected chi connectivity index (χ3v) is 7.11. The number of alkyl halides is 3. The van der Waals surface area contributed by atoms with Crippen molar-refractivity contribution in [1.29, 1.82) is 0 Å². The lowest BCUT2D eigenvalue weighted by atomic mass is 9.83. The number of imide groups is 1. The number of aromatic nitrogens is 2. The van der Waals surface area contributed by atoms with Gasteiger partial charge in [0.05, 0.1) is 16.6 Å². The van der Waals surface area contributed by atoms with Gasteiger partial charge in [0.1, 0.15) is 17.9 Å². The summed E-state index contributed by atoms with van der Waals surface area (Å²) in [5.41, 5.74) is 0.294. The molecule has 0 spiro atoms. The van der Waals surface area contributed by atoms with E-state index in [-0.39, 0.29) is 41.8 Å². The second kappa shape index (κ2) is 8.43. The smallest absolute Gasteiger partial charge is 0.480 e. The van der Waals surface area contributed by atoms with Crippen molar-refractivity contribution in [3.8, 4) is 0 Å². The summed E-state index contributed by atoms with van der Waals surface area (Å²) in [5.74, 6) is -4.25. The van der Waals surface area contributed by atoms with Gasteiger partial charge in [-0.3, -0.25) is 13.9 Å². The average Bonchev–Trinajstić information content (AvgIpc) is 3.06. The van der Waals surface area contributed by atoms with Crippen molar-refractivity contribution < 1.29 is 37.2 Å². The molecule has 2 aliphatic rings. The lowest BCUT2D eigenvalue weighted by Gasteiger charge is -2.32. The van der Waals surface area contributed by atoms with E-state index in [9.17, 15) is 37.5 Å². The summed E-state index contributed by atoms with van der Waals surface area (Å²) in [7, 11) is 3.13. The largest absolute Gasteiger partial charge is 0.506 e. The van der Waals surface area contributed by atoms with Crippen LogP contribution in [0.25, 0.3) is 11.0 Å². The molecule has 0 bridgehead atoms. The number of fused-ring (bicyclic) bond motifs is 2. The van der Waals surface area contributed by atoms with Crippen LogP contribution in [0, 0.1) is 5.92 Å². The van der Waals surface area contributed by atoms with E-state index in [0.717, 1.165) is 21.8 Å². The van der Waals surface area contributed by atoms with Gasteiger partial charge in [-0.05, 0) is 43.0 Å². The molecule has 0 saturated carbocycles. The van der Waals surface area contributed by atoms with Crippen LogP contribution in [0.3, 0.4) is 0 Å². The van der Waals surface area contributed by atoms with Crippen molar-refractivity contribution in [2.45, 2.75) is 31.5 Å². The molecule has 1 N–H and O–H groups in total. The first-order valence-corrected chi connectivity index (χ1v) is 11.5. The maximum absolute atomic E-state index is 13.7. The number of carbonyl (C=O) groups is 3. The van der Waals surface area contributed by atoms with Gasteiger partial charge in [0.2, 0.25) is 5.92 Å². The Morgan fingerprint density at radius 2 is 1.76 bits per heavy atom. The first kappa shape index (κ1) is 24.5. The van der Waals surface area contributed by atoms with Crippen LogP contribution < -0.4 is 5.69 Å². The van der Waals surface area contributed by atoms with E-state index in [1.54, 1.807) is 20.2 Å². The predicted octanol–water partition coefficient (Wildman–Crippen LogP) is 3.35. The fourth-order valence-corrected chi connectivity index (χ4v) is 5.29. The Kier molecular flexibility index (Phi) is 5.57. The lowest BCUT2D eigenvalue weighted by molar-refractivity contribution is -0.345. The summed E-state index contributed by atoms with van der Waals surface area (Å²) >= 11 is 0. The number of amides is 3. The minimum Gasteiger partial charge on any atom is -0.480 e. The van der Waals surface area contributed by atoms with Gasteiger partial charge < -0.3 is 5.11 Å². The first-order valence-electron chi connectivity index (χ1n) is 11.5. The lowest BCUT2D eigenvalue weighted by Crippen LogP contribution is -2.53. The molecular weight excluding hydrogens is 493 g/mol. The molecule has 3 amide bonds. The predicted molar refractivity (Wildman–Crippen MR) is 125 cm³/mol. The number of carbonyl (C=O) groups excluding carboxylic acids is 2. The van der Waals surface area contributed by atoms with Crippen LogP contribution in [0.4, 0.5) is 23.7 Å². The van der Waals surface area contributed by atoms with Crippen LogP contribution in [0.2, 0.25) is 0 Å². The number of nitrogens with zero attached hydrogens (tertiary/aromatic N) is 4. The van der Waals surface area contributed by atoms with E-state index in [4.69, 9.17) is 0 Å². The molecule has 0 radical (unpaired) electrons. The molecule has 192 valence electrons. The zero-order valence-electron chi connectivity index (χ0n) is 19.8. The SMILES string of the molecule is Cn1c(=O)n(C)c2cc([N+]3=CC(C(=O)O)C(=O)N(C4CCCc5c4cccc5C(F)(F)F)C3=O)ccc21. The van der Waals surface area contributed by atoms with Crippen molar-refractivity contribution >= 4 is 40.8 Å². The monoisotopic (exact) mass is 515 g/mol. The normalized spacial score (nSPS) is 20.2. The number of rotatable bonds is 3. The molecule has 37 heavy (non-hydrogen) atoms. The highest BCUT2D eigenvalue weighted by atomic mass is 19.4. The van der Waals surface area contributed by atoms with Crippen LogP contribution in [-0.4, -0.2) is 47.8 Å². The number of aliphatic carboxylic acids is 1. The quantitative estimate of drug-likeness (QED) is 0.426. The summed E-state index contributed by atoms with van der Waals surface area (Å²) in [6.07, 6.45) is -3.04. The van der Waals surface area contributed by atoms with Gasteiger partial charge in [-0.1, -0.05) is 12.1 Å². The van der Waals surface area contributed by atoms with Gasteiger partial charge >= 0.3 is 29.8 Å². The number of benzene rings is 2. The third kappa shape index (κ3) is 3.74. The third-order valence-electron chi connectivity index (χ3n) is 7.11. The van der Waals surface area contributed by atoms with Gasteiger partial charge in [-0.2, -0.15) is 27.4 Å². The Bertz CT molecular complexity index is 1580. The maximum atomic E-state index is 13.7. The number of imidazole rings is 1. The Morgan fingerprint density at radius 3 is 2.43 bits per heavy atom. The van der Waals surface area contributed by atoms with E-state index in [2.05, 4.69) is 0 Å². The minimum atomic E-state index is -4.62. The fraction of sp³-hybridized carbons (Fsp3) is 0.320. The average molecular weight is 515 g/mol. The highest BCUT2D eigenvalue weighted by molar-refractivity contribution is 6.16. The zero-order valence-corrected chi connectivity index (χ0v) is 19.8. The number of urea groups is 1. The first-order chi connectivity index (χ1) is 17.4. The molecule has 0 fully saturated rings. The maximum Gasteiger partial charge on any atom is 0.506 e. The number of halogens is 3. The fourth-order valence-electron chi connectivity index (χ4n) is 5.29. The Labute approximate surface area is 207 Å². The summed E-state index contributed by atoms with van der Waals surface area (Å²) in [6, 6.07) is 6.32. The molecule has 2 aromatic carbocycles. The van der Waals surface area contributed by atoms with Gasteiger partial charge in [0.15, 0.2) is 0 Å². The zero-order chi connectivity index (χ0) is 26.8. The van der Waals surface area contributed by atoms with Crippen molar-refractivity contribution in [2.24, 2.45) is 20.0 Å². The van der Waals surface area contributed by atoms with E-state index in [1.807, 2.05) is 0 Å². The van der Waals surface area contributed by atoms with Crippen molar-refractivity contribution in [2.75, 3.05) is 0 Å². The van der Waals surface area contributed by atoms with Crippen molar-refractivity contribution in [3.63, 3.8) is 0 Å². The molecular formula is C25H22F3N4O5+. The number of carboxylic acids is 1. The van der Waals surface area contributed by atoms with Crippen molar-refractivity contribution in [3.05, 3.63) is 63.6 Å².